The summed E-state index contributed by atoms with van der Waals surface area (Å²) >= 11 is 0. The number of carbonyl (C=O) groups is 1. The Kier molecular flexibility index (Phi) is 4.26. The van der Waals surface area contributed by atoms with Crippen molar-refractivity contribution in [3.05, 3.63) is 17.5 Å². The molecule has 0 radical (unpaired) electrons. The van der Waals surface area contributed by atoms with Crippen molar-refractivity contribution in [2.75, 3.05) is 19.6 Å². The van der Waals surface area contributed by atoms with E-state index in [0.717, 1.165) is 44.1 Å². The summed E-state index contributed by atoms with van der Waals surface area (Å²) in [7, 11) is 0. The van der Waals surface area contributed by atoms with Crippen molar-refractivity contribution in [2.24, 2.45) is 5.92 Å². The van der Waals surface area contributed by atoms with Crippen LogP contribution in [0.3, 0.4) is 0 Å². The normalized spacial score (nSPS) is 20.4. The molecule has 122 valence electrons. The third-order valence-corrected chi connectivity index (χ3v) is 4.78. The van der Waals surface area contributed by atoms with Crippen molar-refractivity contribution in [3.63, 3.8) is 0 Å². The van der Waals surface area contributed by atoms with Crippen LogP contribution in [0.4, 0.5) is 0 Å². The summed E-state index contributed by atoms with van der Waals surface area (Å²) in [4.78, 5) is 14.5. The zero-order chi connectivity index (χ0) is 15.7. The maximum Gasteiger partial charge on any atom is 0.274 e. The first kappa shape index (κ1) is 15.5. The molecular weight excluding hydrogens is 276 g/mol. The van der Waals surface area contributed by atoms with Gasteiger partial charge < -0.3 is 10.2 Å². The quantitative estimate of drug-likeness (QED) is 0.897. The number of hydrogen-bond acceptors (Lipinski definition) is 3. The lowest BCUT2D eigenvalue weighted by Crippen LogP contribution is -2.45. The molecule has 0 aromatic carbocycles. The van der Waals surface area contributed by atoms with Crippen LogP contribution < -0.4 is 5.32 Å². The summed E-state index contributed by atoms with van der Waals surface area (Å²) in [6.45, 7) is 9.17. The van der Waals surface area contributed by atoms with Gasteiger partial charge in [-0.25, -0.2) is 0 Å². The third-order valence-electron chi connectivity index (χ3n) is 4.78. The minimum atomic E-state index is -0.00868. The van der Waals surface area contributed by atoms with Crippen molar-refractivity contribution in [1.82, 2.24) is 20.4 Å². The Labute approximate surface area is 132 Å². The molecule has 1 amide bonds. The number of amides is 1. The molecule has 1 aliphatic carbocycles. The van der Waals surface area contributed by atoms with Crippen LogP contribution in [0.15, 0.2) is 6.07 Å². The van der Waals surface area contributed by atoms with E-state index < -0.39 is 0 Å². The van der Waals surface area contributed by atoms with Gasteiger partial charge in [0.25, 0.3) is 5.91 Å². The van der Waals surface area contributed by atoms with Gasteiger partial charge in [-0.3, -0.25) is 9.89 Å². The first-order chi connectivity index (χ1) is 10.4. The van der Waals surface area contributed by atoms with E-state index in [0.29, 0.717) is 11.7 Å². The molecular formula is C17H28N4O. The molecule has 0 unspecified atom stereocenters. The Bertz CT molecular complexity index is 519. The maximum atomic E-state index is 12.5. The van der Waals surface area contributed by atoms with Gasteiger partial charge in [0.2, 0.25) is 0 Å². The number of carbonyl (C=O) groups excluding carboxylic acids is 1. The Morgan fingerprint density at radius 3 is 2.55 bits per heavy atom. The van der Waals surface area contributed by atoms with Gasteiger partial charge in [0.15, 0.2) is 0 Å². The first-order valence-corrected chi connectivity index (χ1v) is 8.52. The lowest BCUT2D eigenvalue weighted by atomic mass is 9.92. The molecule has 1 saturated carbocycles. The van der Waals surface area contributed by atoms with E-state index in [1.807, 2.05) is 11.0 Å². The molecule has 1 aliphatic heterocycles. The summed E-state index contributed by atoms with van der Waals surface area (Å²) in [6.07, 6.45) is 4.88. The maximum absolute atomic E-state index is 12.5. The summed E-state index contributed by atoms with van der Waals surface area (Å²) in [6, 6.07) is 2.48. The molecule has 22 heavy (non-hydrogen) atoms. The van der Waals surface area contributed by atoms with E-state index >= 15 is 0 Å². The van der Waals surface area contributed by atoms with E-state index in [4.69, 9.17) is 0 Å². The second-order valence-corrected chi connectivity index (χ2v) is 7.83. The van der Waals surface area contributed by atoms with Crippen LogP contribution in [-0.4, -0.2) is 46.7 Å². The number of aromatic amines is 1. The Morgan fingerprint density at radius 2 is 2.00 bits per heavy atom. The van der Waals surface area contributed by atoms with Crippen LogP contribution in [0.2, 0.25) is 0 Å². The molecule has 3 rings (SSSR count). The molecule has 5 nitrogen and oxygen atoms in total. The number of rotatable bonds is 4. The van der Waals surface area contributed by atoms with Gasteiger partial charge >= 0.3 is 0 Å². The SMILES string of the molecule is CC(C)(C)c1cc(C(=O)N2CCC(NCC3CC3)CC2)n[nH]1. The highest BCUT2D eigenvalue weighted by Crippen LogP contribution is 2.28. The van der Waals surface area contributed by atoms with E-state index in [1.54, 1.807) is 0 Å². The van der Waals surface area contributed by atoms with Gasteiger partial charge in [-0.05, 0) is 44.2 Å². The molecule has 1 aromatic heterocycles. The highest BCUT2D eigenvalue weighted by Gasteiger charge is 2.28. The Balaban J connectivity index is 1.51. The van der Waals surface area contributed by atoms with Crippen LogP contribution in [0.25, 0.3) is 0 Å². The van der Waals surface area contributed by atoms with E-state index in [1.165, 1.54) is 12.8 Å². The number of nitrogens with zero attached hydrogens (tertiary/aromatic N) is 2. The molecule has 1 saturated heterocycles. The van der Waals surface area contributed by atoms with Gasteiger partial charge in [-0.1, -0.05) is 20.8 Å². The molecule has 2 fully saturated rings. The topological polar surface area (TPSA) is 61.0 Å². The highest BCUT2D eigenvalue weighted by molar-refractivity contribution is 5.92. The average Bonchev–Trinajstić information content (AvgIpc) is 3.17. The number of H-pyrrole nitrogens is 1. The van der Waals surface area contributed by atoms with Crippen LogP contribution in [0.1, 0.15) is 62.6 Å². The fourth-order valence-corrected chi connectivity index (χ4v) is 2.92. The third kappa shape index (κ3) is 3.69. The van der Waals surface area contributed by atoms with Gasteiger partial charge in [0.05, 0.1) is 0 Å². The zero-order valence-corrected chi connectivity index (χ0v) is 14.0. The van der Waals surface area contributed by atoms with Crippen LogP contribution >= 0.6 is 0 Å². The highest BCUT2D eigenvalue weighted by atomic mass is 16.2. The largest absolute Gasteiger partial charge is 0.337 e. The number of aromatic nitrogens is 2. The molecule has 2 aliphatic rings. The number of piperidine rings is 1. The molecule has 1 aromatic rings. The monoisotopic (exact) mass is 304 g/mol. The predicted molar refractivity (Wildman–Crippen MR) is 86.9 cm³/mol. The summed E-state index contributed by atoms with van der Waals surface area (Å²) in [5, 5.41) is 10.9. The summed E-state index contributed by atoms with van der Waals surface area (Å²) in [5.41, 5.74) is 1.55. The molecule has 0 atom stereocenters. The fraction of sp³-hybridized carbons (Fsp3) is 0.765. The standard InChI is InChI=1S/C17H28N4O/c1-17(2,3)15-10-14(19-20-15)16(22)21-8-6-13(7-9-21)18-11-12-4-5-12/h10,12-13,18H,4-9,11H2,1-3H3,(H,19,20). The van der Waals surface area contributed by atoms with Gasteiger partial charge in [0.1, 0.15) is 5.69 Å². The lowest BCUT2D eigenvalue weighted by molar-refractivity contribution is 0.0699. The fourth-order valence-electron chi connectivity index (χ4n) is 2.92. The van der Waals surface area contributed by atoms with Gasteiger partial charge in [-0.15, -0.1) is 0 Å². The van der Waals surface area contributed by atoms with Gasteiger partial charge in [0, 0.05) is 30.2 Å². The van der Waals surface area contributed by atoms with E-state index in [-0.39, 0.29) is 11.3 Å². The van der Waals surface area contributed by atoms with Crippen molar-refractivity contribution in [3.8, 4) is 0 Å². The van der Waals surface area contributed by atoms with Crippen LogP contribution in [0, 0.1) is 5.92 Å². The minimum Gasteiger partial charge on any atom is -0.337 e. The summed E-state index contributed by atoms with van der Waals surface area (Å²) in [5.74, 6) is 0.979. The minimum absolute atomic E-state index is 0.00868. The smallest absolute Gasteiger partial charge is 0.274 e. The summed E-state index contributed by atoms with van der Waals surface area (Å²) < 4.78 is 0. The molecule has 2 N–H and O–H groups in total. The zero-order valence-electron chi connectivity index (χ0n) is 14.0. The van der Waals surface area contributed by atoms with Crippen molar-refractivity contribution >= 4 is 5.91 Å². The first-order valence-electron chi connectivity index (χ1n) is 8.52. The second kappa shape index (κ2) is 6.03. The molecule has 5 heteroatoms. The lowest BCUT2D eigenvalue weighted by Gasteiger charge is -2.32. The van der Waals surface area contributed by atoms with Crippen LogP contribution in [0.5, 0.6) is 0 Å². The van der Waals surface area contributed by atoms with Gasteiger partial charge in [-0.2, -0.15) is 5.10 Å². The van der Waals surface area contributed by atoms with Crippen LogP contribution in [-0.2, 0) is 5.41 Å². The number of hydrogen-bond donors (Lipinski definition) is 2. The van der Waals surface area contributed by atoms with Crippen molar-refractivity contribution < 1.29 is 4.79 Å². The van der Waals surface area contributed by atoms with E-state index in [9.17, 15) is 4.79 Å². The Hall–Kier alpha value is -1.36. The second-order valence-electron chi connectivity index (χ2n) is 7.83. The Morgan fingerprint density at radius 1 is 1.32 bits per heavy atom. The molecule has 2 heterocycles. The van der Waals surface area contributed by atoms with Crippen molar-refractivity contribution in [2.45, 2.75) is 57.9 Å². The molecule has 0 bridgehead atoms. The average molecular weight is 304 g/mol. The number of likely N-dealkylation sites (tertiary alicyclic amines) is 1. The van der Waals surface area contributed by atoms with E-state index in [2.05, 4.69) is 36.3 Å². The molecule has 0 spiro atoms. The predicted octanol–water partition coefficient (Wildman–Crippen LogP) is 2.31. The van der Waals surface area contributed by atoms with Crippen molar-refractivity contribution in [1.29, 1.82) is 0 Å². The number of nitrogens with one attached hydrogen (secondary N) is 2.